The first-order valence-corrected chi connectivity index (χ1v) is 7.39. The summed E-state index contributed by atoms with van der Waals surface area (Å²) in [4.78, 5) is 0. The van der Waals surface area contributed by atoms with Gasteiger partial charge < -0.3 is 0 Å². The van der Waals surface area contributed by atoms with Crippen molar-refractivity contribution in [3.8, 4) is 11.1 Å². The predicted molar refractivity (Wildman–Crippen MR) is 85.9 cm³/mol. The van der Waals surface area contributed by atoms with Crippen LogP contribution in [-0.4, -0.2) is 0 Å². The highest BCUT2D eigenvalue weighted by Crippen LogP contribution is 2.19. The third-order valence-electron chi connectivity index (χ3n) is 3.05. The predicted octanol–water partition coefficient (Wildman–Crippen LogP) is 3.98. The fourth-order valence-electron chi connectivity index (χ4n) is 2.06. The normalized spacial score (nSPS) is 10.9. The largest absolute Gasteiger partial charge is 0.0622 e. The third-order valence-corrected chi connectivity index (χ3v) is 4.30. The molecule has 0 radical (unpaired) electrons. The van der Waals surface area contributed by atoms with Crippen molar-refractivity contribution in [2.45, 2.75) is 0 Å². The van der Waals surface area contributed by atoms with E-state index in [1.807, 2.05) is 0 Å². The summed E-state index contributed by atoms with van der Waals surface area (Å²) in [6.45, 7) is 0. The van der Waals surface area contributed by atoms with Crippen LogP contribution in [0.5, 0.6) is 0 Å². The molecule has 0 aliphatic rings. The second-order valence-corrected chi connectivity index (χ2v) is 5.84. The van der Waals surface area contributed by atoms with Crippen molar-refractivity contribution in [2.24, 2.45) is 0 Å². The van der Waals surface area contributed by atoms with E-state index in [4.69, 9.17) is 0 Å². The van der Waals surface area contributed by atoms with Crippen molar-refractivity contribution in [2.75, 3.05) is 0 Å². The highest BCUT2D eigenvalue weighted by Gasteiger charge is 1.98. The molecule has 0 nitrogen and oxygen atoms in total. The minimum Gasteiger partial charge on any atom is -0.0622 e. The monoisotopic (exact) mass is 262 g/mol. The van der Waals surface area contributed by atoms with Crippen molar-refractivity contribution in [1.82, 2.24) is 0 Å². The van der Waals surface area contributed by atoms with Gasteiger partial charge in [-0.2, -0.15) is 0 Å². The first-order valence-electron chi connectivity index (χ1n) is 6.39. The van der Waals surface area contributed by atoms with E-state index in [0.717, 1.165) is 8.58 Å². The van der Waals surface area contributed by atoms with E-state index in [1.54, 1.807) is 0 Å². The molecule has 0 bridgehead atoms. The number of benzene rings is 3. The van der Waals surface area contributed by atoms with Gasteiger partial charge in [0.15, 0.2) is 0 Å². The van der Waals surface area contributed by atoms with Gasteiger partial charge in [0.1, 0.15) is 0 Å². The van der Waals surface area contributed by atoms with Gasteiger partial charge in [0.25, 0.3) is 0 Å². The van der Waals surface area contributed by atoms with E-state index in [0.29, 0.717) is 0 Å². The topological polar surface area (TPSA) is 0 Å². The lowest BCUT2D eigenvalue weighted by Gasteiger charge is -2.05. The van der Waals surface area contributed by atoms with Crippen molar-refractivity contribution < 1.29 is 0 Å². The number of hydrogen-bond acceptors (Lipinski definition) is 0. The summed E-state index contributed by atoms with van der Waals surface area (Å²) in [7, 11) is 0.731. The van der Waals surface area contributed by atoms with E-state index >= 15 is 0 Å². The van der Waals surface area contributed by atoms with Gasteiger partial charge in [-0.1, -0.05) is 93.5 Å². The average molecular weight is 262 g/mol. The minimum absolute atomic E-state index is 0.731. The van der Waals surface area contributed by atoms with Crippen molar-refractivity contribution in [3.05, 3.63) is 84.9 Å². The van der Waals surface area contributed by atoms with Crippen LogP contribution < -0.4 is 10.6 Å². The molecule has 0 saturated carbocycles. The van der Waals surface area contributed by atoms with Gasteiger partial charge in [-0.15, -0.1) is 0 Å². The van der Waals surface area contributed by atoms with Crippen LogP contribution in [0.25, 0.3) is 11.1 Å². The van der Waals surface area contributed by atoms with Crippen molar-refractivity contribution >= 4 is 19.2 Å². The van der Waals surface area contributed by atoms with Gasteiger partial charge in [0, 0.05) is 0 Å². The molecule has 92 valence electrons. The summed E-state index contributed by atoms with van der Waals surface area (Å²) >= 11 is 0. The maximum Gasteiger partial charge on any atom is -0.0184 e. The van der Waals surface area contributed by atoms with Gasteiger partial charge in [-0.3, -0.25) is 0 Å². The molecule has 3 aromatic rings. The van der Waals surface area contributed by atoms with Crippen LogP contribution in [0.15, 0.2) is 84.9 Å². The van der Waals surface area contributed by atoms with Gasteiger partial charge in [-0.05, 0) is 21.7 Å². The molecule has 1 unspecified atom stereocenters. The Labute approximate surface area is 115 Å². The molecular formula is C18H15P. The fourth-order valence-corrected chi connectivity index (χ4v) is 3.09. The van der Waals surface area contributed by atoms with E-state index in [9.17, 15) is 0 Å². The van der Waals surface area contributed by atoms with E-state index < -0.39 is 0 Å². The Morgan fingerprint density at radius 3 is 1.53 bits per heavy atom. The van der Waals surface area contributed by atoms with E-state index in [2.05, 4.69) is 84.9 Å². The standard InChI is InChI=1S/C18H15P/c1-3-7-15(8-4-1)16-11-13-18(14-12-16)19-17-9-5-2-6-10-17/h1-14,19H. The molecule has 0 N–H and O–H groups in total. The Balaban J connectivity index is 1.80. The lowest BCUT2D eigenvalue weighted by molar-refractivity contribution is 1.64. The van der Waals surface area contributed by atoms with Crippen LogP contribution in [0.3, 0.4) is 0 Å². The maximum absolute atomic E-state index is 2.23. The van der Waals surface area contributed by atoms with E-state index in [1.165, 1.54) is 21.7 Å². The van der Waals surface area contributed by atoms with Crippen molar-refractivity contribution in [3.63, 3.8) is 0 Å². The molecule has 0 spiro atoms. The zero-order valence-corrected chi connectivity index (χ0v) is 11.6. The van der Waals surface area contributed by atoms with Gasteiger partial charge in [0.2, 0.25) is 0 Å². The molecule has 3 rings (SSSR count). The molecule has 0 amide bonds. The Bertz CT molecular complexity index is 628. The van der Waals surface area contributed by atoms with Crippen LogP contribution in [0, 0.1) is 0 Å². The smallest absolute Gasteiger partial charge is 0.0184 e. The van der Waals surface area contributed by atoms with Gasteiger partial charge >= 0.3 is 0 Å². The molecule has 0 aliphatic carbocycles. The summed E-state index contributed by atoms with van der Waals surface area (Å²) in [5, 5.41) is 2.76. The SMILES string of the molecule is c1ccc(Pc2ccc(-c3ccccc3)cc2)cc1. The lowest BCUT2D eigenvalue weighted by atomic mass is 10.1. The van der Waals surface area contributed by atoms with Crippen LogP contribution in [-0.2, 0) is 0 Å². The summed E-state index contributed by atoms with van der Waals surface area (Å²) in [5.41, 5.74) is 2.55. The first kappa shape index (κ1) is 12.1. The molecule has 1 atom stereocenters. The Morgan fingerprint density at radius 1 is 0.421 bits per heavy atom. The molecule has 0 aliphatic heterocycles. The molecule has 19 heavy (non-hydrogen) atoms. The van der Waals surface area contributed by atoms with Crippen LogP contribution in [0.4, 0.5) is 0 Å². The second-order valence-electron chi connectivity index (χ2n) is 4.43. The molecular weight excluding hydrogens is 247 g/mol. The summed E-state index contributed by atoms with van der Waals surface area (Å²) < 4.78 is 0. The highest BCUT2D eigenvalue weighted by molar-refractivity contribution is 7.55. The third kappa shape index (κ3) is 3.10. The molecule has 1 heteroatoms. The Hall–Kier alpha value is -1.91. The molecule has 0 aromatic heterocycles. The highest BCUT2D eigenvalue weighted by atomic mass is 31.1. The number of hydrogen-bond donors (Lipinski definition) is 0. The molecule has 3 aromatic carbocycles. The second kappa shape index (κ2) is 5.82. The molecule has 0 fully saturated rings. The molecule has 0 heterocycles. The maximum atomic E-state index is 2.23. The van der Waals surface area contributed by atoms with Gasteiger partial charge in [0.05, 0.1) is 0 Å². The first-order chi connectivity index (χ1) is 9.42. The quantitative estimate of drug-likeness (QED) is 0.626. The average Bonchev–Trinajstić information content (AvgIpc) is 2.50. The summed E-state index contributed by atoms with van der Waals surface area (Å²) in [6.07, 6.45) is 0. The van der Waals surface area contributed by atoms with Crippen LogP contribution in [0.2, 0.25) is 0 Å². The number of rotatable bonds is 3. The lowest BCUT2D eigenvalue weighted by Crippen LogP contribution is -2.02. The molecule has 0 saturated heterocycles. The zero-order chi connectivity index (χ0) is 12.9. The summed E-state index contributed by atoms with van der Waals surface area (Å²) in [5.74, 6) is 0. The fraction of sp³-hybridized carbons (Fsp3) is 0. The van der Waals surface area contributed by atoms with Crippen LogP contribution >= 0.6 is 8.58 Å². The zero-order valence-electron chi connectivity index (χ0n) is 10.6. The minimum atomic E-state index is 0.731. The van der Waals surface area contributed by atoms with Crippen LogP contribution in [0.1, 0.15) is 0 Å². The van der Waals surface area contributed by atoms with E-state index in [-0.39, 0.29) is 0 Å². The Morgan fingerprint density at radius 2 is 0.895 bits per heavy atom. The van der Waals surface area contributed by atoms with Crippen molar-refractivity contribution in [1.29, 1.82) is 0 Å². The summed E-state index contributed by atoms with van der Waals surface area (Å²) in [6, 6.07) is 30.0. The Kier molecular flexibility index (Phi) is 3.72. The van der Waals surface area contributed by atoms with Gasteiger partial charge in [-0.25, -0.2) is 0 Å².